The van der Waals surface area contributed by atoms with E-state index >= 15 is 0 Å². The number of carbonyl (C=O) groups is 2. The fourth-order valence-electron chi connectivity index (χ4n) is 2.22. The maximum atomic E-state index is 11.8. The maximum absolute atomic E-state index is 11.8. The van der Waals surface area contributed by atoms with Gasteiger partial charge in [-0.2, -0.15) is 0 Å². The number of nitrogens with one attached hydrogen (secondary N) is 2. The van der Waals surface area contributed by atoms with E-state index in [0.29, 0.717) is 17.2 Å². The van der Waals surface area contributed by atoms with E-state index in [2.05, 4.69) is 10.6 Å². The number of rotatable bonds is 3. The van der Waals surface area contributed by atoms with Crippen LogP contribution in [0.25, 0.3) is 0 Å². The van der Waals surface area contributed by atoms with Crippen molar-refractivity contribution in [1.29, 1.82) is 0 Å². The van der Waals surface area contributed by atoms with Crippen LogP contribution in [0.1, 0.15) is 0 Å². The number of hydrogen-bond acceptors (Lipinski definition) is 5. The van der Waals surface area contributed by atoms with Gasteiger partial charge in [-0.25, -0.2) is 0 Å². The summed E-state index contributed by atoms with van der Waals surface area (Å²) >= 11 is 0. The number of anilines is 1. The van der Waals surface area contributed by atoms with Crippen molar-refractivity contribution >= 4 is 17.5 Å². The summed E-state index contributed by atoms with van der Waals surface area (Å²) in [6.07, 6.45) is -0.377. The lowest BCUT2D eigenvalue weighted by Crippen LogP contribution is -2.44. The fraction of sp³-hybridized carbons (Fsp3) is 0.176. The van der Waals surface area contributed by atoms with E-state index in [1.165, 1.54) is 12.1 Å². The smallest absolute Gasteiger partial charge is 0.313 e. The number of phenols is 1. The third kappa shape index (κ3) is 3.75. The summed E-state index contributed by atoms with van der Waals surface area (Å²) in [7, 11) is 0. The molecule has 2 aromatic rings. The normalized spacial score (nSPS) is 15.4. The Morgan fingerprint density at radius 1 is 1.08 bits per heavy atom. The van der Waals surface area contributed by atoms with Crippen molar-refractivity contribution in [3.8, 4) is 17.2 Å². The van der Waals surface area contributed by atoms with Crippen LogP contribution in [0.5, 0.6) is 17.2 Å². The zero-order valence-corrected chi connectivity index (χ0v) is 12.7. The van der Waals surface area contributed by atoms with Crippen molar-refractivity contribution in [2.75, 3.05) is 18.5 Å². The number of phenolic OH excluding ortho intramolecular Hbond substituents is 1. The summed E-state index contributed by atoms with van der Waals surface area (Å²) in [5.41, 5.74) is 0.335. The molecule has 24 heavy (non-hydrogen) atoms. The van der Waals surface area contributed by atoms with Gasteiger partial charge in [0.05, 0.1) is 6.54 Å². The van der Waals surface area contributed by atoms with Crippen LogP contribution >= 0.6 is 0 Å². The third-order valence-electron chi connectivity index (χ3n) is 3.37. The quantitative estimate of drug-likeness (QED) is 0.738. The van der Waals surface area contributed by atoms with Crippen molar-refractivity contribution in [1.82, 2.24) is 5.32 Å². The molecule has 0 aromatic heterocycles. The Labute approximate surface area is 138 Å². The standard InChI is InChI=1S/C17H16N2O5/c20-12-5-3-4-11(8-12)19-17(22)16(21)18-9-13-10-23-14-6-1-2-7-15(14)24-13/h1-8,13,20H,9-10H2,(H,18,21)(H,19,22)/t13-/m0/s1. The molecule has 3 N–H and O–H groups in total. The molecular formula is C17H16N2O5. The third-order valence-corrected chi connectivity index (χ3v) is 3.37. The predicted molar refractivity (Wildman–Crippen MR) is 86.1 cm³/mol. The monoisotopic (exact) mass is 328 g/mol. The maximum Gasteiger partial charge on any atom is 0.313 e. The Bertz CT molecular complexity index is 762. The van der Waals surface area contributed by atoms with Gasteiger partial charge in [-0.15, -0.1) is 0 Å². The van der Waals surface area contributed by atoms with Crippen LogP contribution in [0.2, 0.25) is 0 Å². The molecule has 1 aliphatic rings. The number of para-hydroxylation sites is 2. The Balaban J connectivity index is 1.50. The number of aromatic hydroxyl groups is 1. The van der Waals surface area contributed by atoms with Gasteiger partial charge in [-0.05, 0) is 24.3 Å². The summed E-state index contributed by atoms with van der Waals surface area (Å²) in [6.45, 7) is 0.423. The number of carbonyl (C=O) groups excluding carboxylic acids is 2. The molecule has 0 unspecified atom stereocenters. The average molecular weight is 328 g/mol. The van der Waals surface area contributed by atoms with Gasteiger partial charge in [-0.1, -0.05) is 18.2 Å². The van der Waals surface area contributed by atoms with Gasteiger partial charge >= 0.3 is 11.8 Å². The highest BCUT2D eigenvalue weighted by molar-refractivity contribution is 6.39. The molecule has 2 amide bonds. The Hall–Kier alpha value is -3.22. The zero-order chi connectivity index (χ0) is 16.9. The van der Waals surface area contributed by atoms with Gasteiger partial charge < -0.3 is 25.2 Å². The van der Waals surface area contributed by atoms with E-state index in [0.717, 1.165) is 0 Å². The van der Waals surface area contributed by atoms with Crippen LogP contribution in [0.4, 0.5) is 5.69 Å². The molecular weight excluding hydrogens is 312 g/mol. The van der Waals surface area contributed by atoms with Crippen molar-refractivity contribution in [3.05, 3.63) is 48.5 Å². The topological polar surface area (TPSA) is 96.9 Å². The van der Waals surface area contributed by atoms with Gasteiger partial charge in [0.1, 0.15) is 18.5 Å². The van der Waals surface area contributed by atoms with Crippen molar-refractivity contribution in [2.24, 2.45) is 0 Å². The summed E-state index contributed by atoms with van der Waals surface area (Å²) in [4.78, 5) is 23.7. The Kier molecular flexibility index (Phi) is 4.51. The predicted octanol–water partition coefficient (Wildman–Crippen LogP) is 1.29. The van der Waals surface area contributed by atoms with Crippen LogP contribution < -0.4 is 20.1 Å². The van der Waals surface area contributed by atoms with Gasteiger partial charge in [0.15, 0.2) is 11.5 Å². The number of benzene rings is 2. The van der Waals surface area contributed by atoms with E-state index < -0.39 is 11.8 Å². The molecule has 0 saturated heterocycles. The summed E-state index contributed by atoms with van der Waals surface area (Å²) in [6, 6.07) is 13.2. The average Bonchev–Trinajstić information content (AvgIpc) is 2.59. The molecule has 2 aromatic carbocycles. The molecule has 1 atom stereocenters. The zero-order valence-electron chi connectivity index (χ0n) is 12.7. The minimum Gasteiger partial charge on any atom is -0.508 e. The van der Waals surface area contributed by atoms with E-state index in [1.807, 2.05) is 12.1 Å². The lowest BCUT2D eigenvalue weighted by molar-refractivity contribution is -0.136. The Morgan fingerprint density at radius 3 is 2.67 bits per heavy atom. The van der Waals surface area contributed by atoms with Crippen LogP contribution in [-0.2, 0) is 9.59 Å². The first kappa shape index (κ1) is 15.7. The number of ether oxygens (including phenoxy) is 2. The molecule has 0 bridgehead atoms. The highest BCUT2D eigenvalue weighted by atomic mass is 16.6. The molecule has 1 heterocycles. The second-order valence-electron chi connectivity index (χ2n) is 5.21. The number of fused-ring (bicyclic) bond motifs is 1. The molecule has 7 heteroatoms. The van der Waals surface area contributed by atoms with E-state index in [4.69, 9.17) is 9.47 Å². The van der Waals surface area contributed by atoms with E-state index in [1.54, 1.807) is 24.3 Å². The van der Waals surface area contributed by atoms with E-state index in [-0.39, 0.29) is 25.0 Å². The lowest BCUT2D eigenvalue weighted by Gasteiger charge is -2.26. The first-order valence-electron chi connectivity index (χ1n) is 7.38. The summed E-state index contributed by atoms with van der Waals surface area (Å²) in [5.74, 6) is -0.355. The highest BCUT2D eigenvalue weighted by Crippen LogP contribution is 2.30. The molecule has 0 aliphatic carbocycles. The second kappa shape index (κ2) is 6.91. The van der Waals surface area contributed by atoms with Crippen LogP contribution in [0.3, 0.4) is 0 Å². The summed E-state index contributed by atoms with van der Waals surface area (Å²) < 4.78 is 11.2. The minimum atomic E-state index is -0.822. The lowest BCUT2D eigenvalue weighted by atomic mass is 10.2. The SMILES string of the molecule is O=C(NC[C@H]1COc2ccccc2O1)C(=O)Nc1cccc(O)c1. The van der Waals surface area contributed by atoms with Crippen LogP contribution in [0.15, 0.2) is 48.5 Å². The fourth-order valence-corrected chi connectivity index (χ4v) is 2.22. The number of hydrogen-bond donors (Lipinski definition) is 3. The molecule has 0 fully saturated rings. The van der Waals surface area contributed by atoms with E-state index in [9.17, 15) is 14.7 Å². The Morgan fingerprint density at radius 2 is 1.88 bits per heavy atom. The largest absolute Gasteiger partial charge is 0.508 e. The van der Waals surface area contributed by atoms with Gasteiger partial charge in [0.25, 0.3) is 0 Å². The molecule has 3 rings (SSSR count). The van der Waals surface area contributed by atoms with Crippen LogP contribution in [0, 0.1) is 0 Å². The molecule has 0 radical (unpaired) electrons. The van der Waals surface area contributed by atoms with Crippen LogP contribution in [-0.4, -0.2) is 36.2 Å². The molecule has 0 saturated carbocycles. The van der Waals surface area contributed by atoms with Crippen molar-refractivity contribution in [3.63, 3.8) is 0 Å². The number of amides is 2. The van der Waals surface area contributed by atoms with Gasteiger partial charge in [0.2, 0.25) is 0 Å². The molecule has 7 nitrogen and oxygen atoms in total. The summed E-state index contributed by atoms with van der Waals surface area (Å²) in [5, 5.41) is 14.2. The van der Waals surface area contributed by atoms with Crippen molar-refractivity contribution in [2.45, 2.75) is 6.10 Å². The van der Waals surface area contributed by atoms with Gasteiger partial charge in [-0.3, -0.25) is 9.59 Å². The highest BCUT2D eigenvalue weighted by Gasteiger charge is 2.22. The molecule has 1 aliphatic heterocycles. The van der Waals surface area contributed by atoms with Crippen molar-refractivity contribution < 1.29 is 24.2 Å². The first-order valence-corrected chi connectivity index (χ1v) is 7.38. The minimum absolute atomic E-state index is 0.000345. The first-order chi connectivity index (χ1) is 11.6. The van der Waals surface area contributed by atoms with Gasteiger partial charge in [0, 0.05) is 11.8 Å². The second-order valence-corrected chi connectivity index (χ2v) is 5.21. The molecule has 124 valence electrons. The molecule has 0 spiro atoms.